The fourth-order valence-corrected chi connectivity index (χ4v) is 1.36. The van der Waals surface area contributed by atoms with E-state index in [1.165, 1.54) is 18.4 Å². The fraction of sp³-hybridized carbons (Fsp3) is 0.500. The van der Waals surface area contributed by atoms with Crippen molar-refractivity contribution >= 4 is 0 Å². The summed E-state index contributed by atoms with van der Waals surface area (Å²) in [6.45, 7) is 0.190. The summed E-state index contributed by atoms with van der Waals surface area (Å²) < 4.78 is 0. The van der Waals surface area contributed by atoms with Crippen LogP contribution >= 0.6 is 0 Å². The molecule has 2 heteroatoms. The summed E-state index contributed by atoms with van der Waals surface area (Å²) in [4.78, 5) is 4.27. The molecule has 0 saturated heterocycles. The van der Waals surface area contributed by atoms with E-state index >= 15 is 0 Å². The number of nitrogens with zero attached hydrogens (tertiary/aromatic N) is 1. The standard InChI is InChI=1S/C10H13NO/c12-6-5-10-4-3-9(7-11-10)8-1-2-8/h3-4,7-8,12H,1-2,5-6H2. The first kappa shape index (κ1) is 7.74. The molecule has 1 aromatic heterocycles. The van der Waals surface area contributed by atoms with Gasteiger partial charge in [0.15, 0.2) is 0 Å². The largest absolute Gasteiger partial charge is 0.396 e. The number of hydrogen-bond acceptors (Lipinski definition) is 2. The van der Waals surface area contributed by atoms with Gasteiger partial charge in [-0.25, -0.2) is 0 Å². The van der Waals surface area contributed by atoms with Crippen molar-refractivity contribution in [3.05, 3.63) is 29.6 Å². The maximum absolute atomic E-state index is 8.67. The topological polar surface area (TPSA) is 33.1 Å². The second kappa shape index (κ2) is 3.23. The first-order valence-corrected chi connectivity index (χ1v) is 4.46. The molecule has 2 nitrogen and oxygen atoms in total. The van der Waals surface area contributed by atoms with Crippen molar-refractivity contribution < 1.29 is 5.11 Å². The third-order valence-corrected chi connectivity index (χ3v) is 2.26. The number of aliphatic hydroxyl groups is 1. The number of rotatable bonds is 3. The first-order chi connectivity index (χ1) is 5.90. The van der Waals surface area contributed by atoms with E-state index in [-0.39, 0.29) is 6.61 Å². The monoisotopic (exact) mass is 163 g/mol. The van der Waals surface area contributed by atoms with Crippen molar-refractivity contribution in [2.24, 2.45) is 0 Å². The summed E-state index contributed by atoms with van der Waals surface area (Å²) in [5.74, 6) is 0.778. The fourth-order valence-electron chi connectivity index (χ4n) is 1.36. The normalized spacial score (nSPS) is 16.4. The van der Waals surface area contributed by atoms with Gasteiger partial charge in [-0.15, -0.1) is 0 Å². The Morgan fingerprint density at radius 2 is 2.25 bits per heavy atom. The minimum absolute atomic E-state index is 0.190. The highest BCUT2D eigenvalue weighted by Gasteiger charge is 2.23. The second-order valence-electron chi connectivity index (χ2n) is 3.33. The van der Waals surface area contributed by atoms with E-state index in [1.54, 1.807) is 0 Å². The molecule has 1 aromatic rings. The molecule has 12 heavy (non-hydrogen) atoms. The molecule has 1 heterocycles. The van der Waals surface area contributed by atoms with Gasteiger partial charge in [0.05, 0.1) is 0 Å². The Balaban J connectivity index is 2.08. The molecule has 0 aromatic carbocycles. The highest BCUT2D eigenvalue weighted by atomic mass is 16.3. The average Bonchev–Trinajstić information content (AvgIpc) is 2.89. The molecule has 2 rings (SSSR count). The van der Waals surface area contributed by atoms with Gasteiger partial charge in [-0.3, -0.25) is 4.98 Å². The lowest BCUT2D eigenvalue weighted by molar-refractivity contribution is 0.298. The van der Waals surface area contributed by atoms with E-state index in [4.69, 9.17) is 5.11 Å². The van der Waals surface area contributed by atoms with Crippen molar-refractivity contribution in [1.29, 1.82) is 0 Å². The zero-order valence-electron chi connectivity index (χ0n) is 7.03. The van der Waals surface area contributed by atoms with E-state index < -0.39 is 0 Å². The van der Waals surface area contributed by atoms with Gasteiger partial charge < -0.3 is 5.11 Å². The van der Waals surface area contributed by atoms with Gasteiger partial charge in [0.2, 0.25) is 0 Å². The molecule has 1 aliphatic carbocycles. The average molecular weight is 163 g/mol. The van der Waals surface area contributed by atoms with E-state index in [0.29, 0.717) is 6.42 Å². The van der Waals surface area contributed by atoms with Crippen LogP contribution in [0.1, 0.15) is 30.0 Å². The molecular formula is C10H13NO. The van der Waals surface area contributed by atoms with Crippen LogP contribution in [0.25, 0.3) is 0 Å². The molecule has 0 bridgehead atoms. The molecule has 1 N–H and O–H groups in total. The molecule has 0 unspecified atom stereocenters. The van der Waals surface area contributed by atoms with Crippen molar-refractivity contribution in [2.75, 3.05) is 6.61 Å². The third kappa shape index (κ3) is 1.64. The van der Waals surface area contributed by atoms with Crippen LogP contribution < -0.4 is 0 Å². The van der Waals surface area contributed by atoms with Crippen molar-refractivity contribution in [3.63, 3.8) is 0 Å². The van der Waals surface area contributed by atoms with Crippen molar-refractivity contribution in [3.8, 4) is 0 Å². The third-order valence-electron chi connectivity index (χ3n) is 2.26. The minimum Gasteiger partial charge on any atom is -0.396 e. The van der Waals surface area contributed by atoms with Crippen LogP contribution in [0, 0.1) is 0 Å². The number of aliphatic hydroxyl groups excluding tert-OH is 1. The van der Waals surface area contributed by atoms with Gasteiger partial charge in [0, 0.05) is 24.9 Å². The first-order valence-electron chi connectivity index (χ1n) is 4.46. The summed E-state index contributed by atoms with van der Waals surface area (Å²) in [7, 11) is 0. The number of pyridine rings is 1. The lowest BCUT2D eigenvalue weighted by Crippen LogP contribution is -1.94. The molecule has 0 atom stereocenters. The van der Waals surface area contributed by atoms with Gasteiger partial charge in [-0.2, -0.15) is 0 Å². The Bertz CT molecular complexity index is 251. The van der Waals surface area contributed by atoms with Gasteiger partial charge >= 0.3 is 0 Å². The lowest BCUT2D eigenvalue weighted by Gasteiger charge is -1.99. The molecule has 1 saturated carbocycles. The Kier molecular flexibility index (Phi) is 2.09. The van der Waals surface area contributed by atoms with Crippen molar-refractivity contribution in [2.45, 2.75) is 25.2 Å². The van der Waals surface area contributed by atoms with Crippen LogP contribution in [0.2, 0.25) is 0 Å². The maximum Gasteiger partial charge on any atom is 0.0486 e. The predicted molar refractivity (Wildman–Crippen MR) is 47.0 cm³/mol. The zero-order chi connectivity index (χ0) is 8.39. The Morgan fingerprint density at radius 1 is 1.42 bits per heavy atom. The van der Waals surface area contributed by atoms with Gasteiger partial charge in [0.25, 0.3) is 0 Å². The van der Waals surface area contributed by atoms with Crippen LogP contribution in [0.4, 0.5) is 0 Å². The molecule has 1 fully saturated rings. The highest BCUT2D eigenvalue weighted by Crippen LogP contribution is 2.39. The van der Waals surface area contributed by atoms with Crippen LogP contribution in [0.15, 0.2) is 18.3 Å². The van der Waals surface area contributed by atoms with E-state index in [9.17, 15) is 0 Å². The summed E-state index contributed by atoms with van der Waals surface area (Å²) in [5.41, 5.74) is 2.35. The Hall–Kier alpha value is -0.890. The molecule has 0 aliphatic heterocycles. The number of hydrogen-bond donors (Lipinski definition) is 1. The molecule has 0 radical (unpaired) electrons. The molecular weight excluding hydrogens is 150 g/mol. The molecule has 0 spiro atoms. The lowest BCUT2D eigenvalue weighted by atomic mass is 10.1. The second-order valence-corrected chi connectivity index (χ2v) is 3.33. The maximum atomic E-state index is 8.67. The number of aromatic nitrogens is 1. The summed E-state index contributed by atoms with van der Waals surface area (Å²) in [6, 6.07) is 4.15. The van der Waals surface area contributed by atoms with Crippen LogP contribution in [-0.4, -0.2) is 16.7 Å². The van der Waals surface area contributed by atoms with E-state index in [2.05, 4.69) is 11.1 Å². The summed E-state index contributed by atoms with van der Waals surface area (Å²) in [6.07, 6.45) is 5.26. The minimum atomic E-state index is 0.190. The van der Waals surface area contributed by atoms with E-state index in [1.807, 2.05) is 12.3 Å². The van der Waals surface area contributed by atoms with Gasteiger partial charge in [0.1, 0.15) is 0 Å². The Labute approximate surface area is 72.3 Å². The van der Waals surface area contributed by atoms with Crippen molar-refractivity contribution in [1.82, 2.24) is 4.98 Å². The highest BCUT2D eigenvalue weighted by molar-refractivity contribution is 5.22. The molecule has 0 amide bonds. The van der Waals surface area contributed by atoms with Crippen LogP contribution in [-0.2, 0) is 6.42 Å². The zero-order valence-corrected chi connectivity index (χ0v) is 7.03. The summed E-state index contributed by atoms with van der Waals surface area (Å²) in [5, 5.41) is 8.67. The quantitative estimate of drug-likeness (QED) is 0.732. The summed E-state index contributed by atoms with van der Waals surface area (Å²) >= 11 is 0. The Morgan fingerprint density at radius 3 is 2.75 bits per heavy atom. The van der Waals surface area contributed by atoms with Crippen LogP contribution in [0.3, 0.4) is 0 Å². The molecule has 1 aliphatic rings. The van der Waals surface area contributed by atoms with Gasteiger partial charge in [-0.05, 0) is 30.4 Å². The van der Waals surface area contributed by atoms with E-state index in [0.717, 1.165) is 11.6 Å². The SMILES string of the molecule is OCCc1ccc(C2CC2)cn1. The molecule has 64 valence electrons. The predicted octanol–water partition coefficient (Wildman–Crippen LogP) is 1.49. The van der Waals surface area contributed by atoms with Crippen LogP contribution in [0.5, 0.6) is 0 Å². The smallest absolute Gasteiger partial charge is 0.0486 e. The van der Waals surface area contributed by atoms with Gasteiger partial charge in [-0.1, -0.05) is 6.07 Å².